The first kappa shape index (κ1) is 36.8. The molecule has 0 bridgehead atoms. The third-order valence-electron chi connectivity index (χ3n) is 11.3. The molecule has 300 valence electrons. The van der Waals surface area contributed by atoms with Gasteiger partial charge in [0.25, 0.3) is 0 Å². The lowest BCUT2D eigenvalue weighted by atomic mass is 9.86. The Bertz CT molecular complexity index is 1970. The lowest BCUT2D eigenvalue weighted by molar-refractivity contribution is -0.144. The van der Waals surface area contributed by atoms with Crippen LogP contribution in [0.2, 0.25) is 0 Å². The van der Waals surface area contributed by atoms with Gasteiger partial charge in [-0.3, -0.25) is 19.2 Å². The molecule has 0 aromatic heterocycles. The van der Waals surface area contributed by atoms with Gasteiger partial charge in [-0.15, -0.1) is 0 Å². The molecule has 3 heterocycles. The number of nitrogens with one attached hydrogen (secondary N) is 3. The summed E-state index contributed by atoms with van der Waals surface area (Å²) in [4.78, 5) is 52.8. The van der Waals surface area contributed by atoms with Crippen molar-refractivity contribution in [2.45, 2.75) is 51.5 Å². The summed E-state index contributed by atoms with van der Waals surface area (Å²) in [6.07, 6.45) is 1.81. The third kappa shape index (κ3) is 11.4. The first-order valence-corrected chi connectivity index (χ1v) is 19.7. The topological polar surface area (TPSA) is 178 Å². The van der Waals surface area contributed by atoms with Crippen molar-refractivity contribution in [3.63, 3.8) is 0 Å². The van der Waals surface area contributed by atoms with Crippen LogP contribution in [0.1, 0.15) is 51.2 Å². The fourth-order valence-corrected chi connectivity index (χ4v) is 8.20. The van der Waals surface area contributed by atoms with E-state index in [-0.39, 0.29) is 69.0 Å². The summed E-state index contributed by atoms with van der Waals surface area (Å²) in [5.41, 5.74) is 3.39. The Kier molecular flexibility index (Phi) is 13.1. The molecule has 0 saturated carbocycles. The second kappa shape index (κ2) is 19.9. The molecule has 6 unspecified atom stereocenters. The fraction of sp³-hybridized carbons (Fsp3) is 0.500. The smallest absolute Gasteiger partial charge is 0.307 e. The fourth-order valence-electron chi connectivity index (χ4n) is 8.20. The van der Waals surface area contributed by atoms with Crippen LogP contribution in [0.3, 0.4) is 0 Å². The van der Waals surface area contributed by atoms with Crippen molar-refractivity contribution in [1.82, 2.24) is 20.9 Å². The molecule has 12 nitrogen and oxygen atoms in total. The van der Waals surface area contributed by atoms with Gasteiger partial charge in [0, 0.05) is 10.7 Å². The van der Waals surface area contributed by atoms with Crippen molar-refractivity contribution in [2.75, 3.05) is 52.4 Å². The van der Waals surface area contributed by atoms with Gasteiger partial charge in [0.05, 0.1) is 30.6 Å². The van der Waals surface area contributed by atoms with Crippen LogP contribution in [-0.2, 0) is 51.4 Å². The van der Waals surface area contributed by atoms with Gasteiger partial charge in [0.2, 0.25) is 5.91 Å². The third-order valence-corrected chi connectivity index (χ3v) is 11.3. The van der Waals surface area contributed by atoms with E-state index in [2.05, 4.69) is 16.0 Å². The minimum atomic E-state index is -1.72. The number of benzene rings is 3. The minimum absolute atomic E-state index is 0.00375. The number of nitrogens with zero attached hydrogens (tertiary/aromatic N) is 1. The highest BCUT2D eigenvalue weighted by molar-refractivity contribution is 5.79. The van der Waals surface area contributed by atoms with E-state index in [1.807, 2.05) is 12.1 Å². The number of carbonyl (C=O) groups excluding carboxylic acids is 1. The van der Waals surface area contributed by atoms with E-state index in [0.29, 0.717) is 86.5 Å². The predicted molar refractivity (Wildman–Crippen MR) is 211 cm³/mol. The molecule has 6 N–H and O–H groups in total. The predicted octanol–water partition coefficient (Wildman–Crippen LogP) is 3.90. The van der Waals surface area contributed by atoms with Gasteiger partial charge >= 0.3 is 17.9 Å². The second-order valence-electron chi connectivity index (χ2n) is 15.2. The molecule has 3 aromatic rings. The van der Waals surface area contributed by atoms with Crippen molar-refractivity contribution in [3.05, 3.63) is 101 Å². The number of rotatable bonds is 20. The van der Waals surface area contributed by atoms with Crippen molar-refractivity contribution in [2.24, 2.45) is 35.4 Å². The average Bonchev–Trinajstić information content (AvgIpc) is 4.03. The van der Waals surface area contributed by atoms with Crippen LogP contribution in [0.15, 0.2) is 72.8 Å². The number of hydrogen-bond acceptors (Lipinski definition) is 8. The summed E-state index contributed by atoms with van der Waals surface area (Å²) in [5, 5.41) is 39.7. The summed E-state index contributed by atoms with van der Waals surface area (Å²) in [5.74, 6) is -9.43. The molecule has 6 rings (SSSR count). The molecule has 0 spiro atoms. The first-order valence-electron chi connectivity index (χ1n) is 21.2. The van der Waals surface area contributed by atoms with Crippen molar-refractivity contribution >= 4 is 23.8 Å². The van der Waals surface area contributed by atoms with Gasteiger partial charge in [0.15, 0.2) is 0 Å². The monoisotopic (exact) mass is 771 g/mol. The zero-order valence-electron chi connectivity index (χ0n) is 34.8. The van der Waals surface area contributed by atoms with E-state index in [9.17, 15) is 34.5 Å². The Morgan fingerprint density at radius 1 is 0.643 bits per heavy atom. The Labute approximate surface area is 333 Å². The lowest BCUT2D eigenvalue weighted by Crippen LogP contribution is -2.35. The Morgan fingerprint density at radius 2 is 1.07 bits per heavy atom. The number of hydrogen-bond donors (Lipinski definition) is 6. The van der Waals surface area contributed by atoms with Crippen LogP contribution >= 0.6 is 0 Å². The molecule has 56 heavy (non-hydrogen) atoms. The molecule has 3 aliphatic heterocycles. The number of carbonyl (C=O) groups is 4. The molecule has 0 aliphatic carbocycles. The van der Waals surface area contributed by atoms with Crippen LogP contribution in [0.5, 0.6) is 5.75 Å². The second-order valence-corrected chi connectivity index (χ2v) is 15.2. The van der Waals surface area contributed by atoms with Crippen LogP contribution in [0.25, 0.3) is 0 Å². The van der Waals surface area contributed by atoms with Crippen molar-refractivity contribution < 1.29 is 43.3 Å². The number of aliphatic carboxylic acids is 3. The van der Waals surface area contributed by atoms with Crippen molar-refractivity contribution in [3.8, 4) is 5.75 Å². The highest BCUT2D eigenvalue weighted by atomic mass is 16.5. The highest BCUT2D eigenvalue weighted by Gasteiger charge is 2.33. The minimum Gasteiger partial charge on any atom is -0.492 e. The van der Waals surface area contributed by atoms with Crippen LogP contribution < -0.4 is 20.7 Å². The van der Waals surface area contributed by atoms with Crippen LogP contribution in [-0.4, -0.2) is 96.5 Å². The molecule has 3 fully saturated rings. The zero-order chi connectivity index (χ0) is 42.2. The van der Waals surface area contributed by atoms with E-state index in [4.69, 9.17) is 8.85 Å². The standard InChI is InChI=1S/C44H56N4O8/c49-41(24-31-6-1-4-29(18-31)21-38(42(50)51)34-10-13-45-25-34)48(28-33-8-2-5-30(19-33)22-39(43(52)53)35-11-14-46-26-35)16-17-56-37-9-3-7-32(20-37)23-40(44(54)55)36-12-15-47-27-36/h1-9,18-20,34-36,38-40,45-47H,10-17,21-28H2,(H,50,51)(H,52,53)(H,54,55)/i38D,39D,40D. The molecule has 6 atom stereocenters. The highest BCUT2D eigenvalue weighted by Crippen LogP contribution is 2.27. The SMILES string of the molecule is [2H]C(Cc1cccc(CC(=O)N(CCOc2cccc(CC([2H])(C(=O)O)C3CCNC3)c2)Cc2cccc(CC([2H])(C(=O)O)C3CCNC3)c2)c1)(C(=O)O)C1CCNC1. The summed E-state index contributed by atoms with van der Waals surface area (Å²) in [7, 11) is 0. The van der Waals surface area contributed by atoms with Gasteiger partial charge in [0.1, 0.15) is 12.4 Å². The lowest BCUT2D eigenvalue weighted by Gasteiger charge is -2.24. The number of carboxylic acids is 3. The molecule has 1 amide bonds. The van der Waals surface area contributed by atoms with Gasteiger partial charge in [-0.25, -0.2) is 0 Å². The Hall–Kier alpha value is -4.78. The van der Waals surface area contributed by atoms with Crippen molar-refractivity contribution in [1.29, 1.82) is 0 Å². The van der Waals surface area contributed by atoms with Gasteiger partial charge in [-0.05, 0) is 135 Å². The quantitative estimate of drug-likeness (QED) is 0.0983. The van der Waals surface area contributed by atoms with E-state index in [1.54, 1.807) is 65.6 Å². The first-order chi connectivity index (χ1) is 28.2. The maximum absolute atomic E-state index is 14.2. The van der Waals surface area contributed by atoms with E-state index >= 15 is 0 Å². The molecule has 3 aromatic carbocycles. The number of amides is 1. The Balaban J connectivity index is 1.19. The largest absolute Gasteiger partial charge is 0.492 e. The van der Waals surface area contributed by atoms with Crippen LogP contribution in [0.4, 0.5) is 0 Å². The molecular formula is C44H56N4O8. The zero-order valence-corrected chi connectivity index (χ0v) is 31.8. The summed E-state index contributed by atoms with van der Waals surface area (Å²) in [6.45, 7) is 3.80. The summed E-state index contributed by atoms with van der Waals surface area (Å²) in [6, 6.07) is 21.4. The van der Waals surface area contributed by atoms with Gasteiger partial charge in [-0.1, -0.05) is 60.7 Å². The Morgan fingerprint density at radius 3 is 1.54 bits per heavy atom. The number of carboxylic acid groups (broad SMARTS) is 3. The van der Waals surface area contributed by atoms with E-state index in [0.717, 1.165) is 5.56 Å². The molecule has 3 aliphatic rings. The van der Waals surface area contributed by atoms with Crippen LogP contribution in [0, 0.1) is 35.4 Å². The maximum Gasteiger partial charge on any atom is 0.307 e. The average molecular weight is 772 g/mol. The molecule has 0 radical (unpaired) electrons. The summed E-state index contributed by atoms with van der Waals surface area (Å²) < 4.78 is 32.9. The van der Waals surface area contributed by atoms with Gasteiger partial charge in [-0.2, -0.15) is 0 Å². The normalized spacial score (nSPS) is 23.4. The summed E-state index contributed by atoms with van der Waals surface area (Å²) >= 11 is 0. The molecule has 12 heteroatoms. The molecule has 3 saturated heterocycles. The van der Waals surface area contributed by atoms with Gasteiger partial charge < -0.3 is 40.9 Å². The van der Waals surface area contributed by atoms with E-state index in [1.165, 1.54) is 0 Å². The maximum atomic E-state index is 14.2. The number of ether oxygens (including phenoxy) is 1. The van der Waals surface area contributed by atoms with E-state index < -0.39 is 35.6 Å². The molecular weight excluding hydrogens is 713 g/mol.